The van der Waals surface area contributed by atoms with Crippen LogP contribution < -0.4 is 15.5 Å². The molecule has 0 aliphatic carbocycles. The molecule has 2 aromatic carbocycles. The lowest BCUT2D eigenvalue weighted by atomic mass is 10.2. The third-order valence-electron chi connectivity index (χ3n) is 3.18. The Hall–Kier alpha value is -2.05. The Bertz CT molecular complexity index is 687. The predicted molar refractivity (Wildman–Crippen MR) is 102 cm³/mol. The Kier molecular flexibility index (Phi) is 5.50. The van der Waals surface area contributed by atoms with Crippen molar-refractivity contribution in [3.63, 3.8) is 0 Å². The highest BCUT2D eigenvalue weighted by molar-refractivity contribution is 8.00. The van der Waals surface area contributed by atoms with Crippen LogP contribution in [-0.4, -0.2) is 28.9 Å². The van der Waals surface area contributed by atoms with E-state index in [2.05, 4.69) is 15.8 Å². The number of nitrogens with zero attached hydrogens (tertiary/aromatic N) is 1. The molecule has 0 saturated carbocycles. The van der Waals surface area contributed by atoms with Crippen molar-refractivity contribution in [3.05, 3.63) is 60.2 Å². The summed E-state index contributed by atoms with van der Waals surface area (Å²) in [7, 11) is 0. The number of nitrogens with one attached hydrogen (secondary N) is 2. The monoisotopic (exact) mass is 343 g/mol. The highest BCUT2D eigenvalue weighted by Crippen LogP contribution is 2.24. The third kappa shape index (κ3) is 4.97. The van der Waals surface area contributed by atoms with Crippen LogP contribution in [0, 0.1) is 0 Å². The number of ether oxygens (including phenoxy) is 1. The smallest absolute Gasteiger partial charge is 0.191 e. The van der Waals surface area contributed by atoms with Gasteiger partial charge in [-0.25, -0.2) is 0 Å². The van der Waals surface area contributed by atoms with Gasteiger partial charge in [-0.15, -0.1) is 0 Å². The maximum Gasteiger partial charge on any atom is 0.191 e. The normalized spacial score (nSPS) is 14.3. The second-order valence-electron chi connectivity index (χ2n) is 5.04. The van der Waals surface area contributed by atoms with Gasteiger partial charge in [0, 0.05) is 17.2 Å². The van der Waals surface area contributed by atoms with Gasteiger partial charge in [-0.2, -0.15) is 16.9 Å². The van der Waals surface area contributed by atoms with Gasteiger partial charge in [0.25, 0.3) is 0 Å². The first-order chi connectivity index (χ1) is 11.3. The van der Waals surface area contributed by atoms with E-state index >= 15 is 0 Å². The summed E-state index contributed by atoms with van der Waals surface area (Å²) in [5.74, 6) is 3.02. The lowest BCUT2D eigenvalue weighted by Crippen LogP contribution is -2.31. The highest BCUT2D eigenvalue weighted by atomic mass is 32.2. The molecule has 0 spiro atoms. The molecule has 0 aromatic heterocycles. The summed E-state index contributed by atoms with van der Waals surface area (Å²) < 4.78 is 5.86. The van der Waals surface area contributed by atoms with Crippen LogP contribution in [-0.2, 0) is 0 Å². The molecule has 3 rings (SSSR count). The molecule has 2 N–H and O–H groups in total. The SMILES string of the molecule is S=C(N/N=C/c1cccc(OC2CSC2)c1)Nc1ccccc1. The number of benzene rings is 2. The molecule has 6 heteroatoms. The van der Waals surface area contributed by atoms with Crippen molar-refractivity contribution >= 4 is 41.0 Å². The highest BCUT2D eigenvalue weighted by Gasteiger charge is 2.19. The molecule has 0 unspecified atom stereocenters. The number of hydrazone groups is 1. The average molecular weight is 343 g/mol. The van der Waals surface area contributed by atoms with Crippen molar-refractivity contribution in [1.82, 2.24) is 5.43 Å². The van der Waals surface area contributed by atoms with E-state index in [-0.39, 0.29) is 0 Å². The zero-order valence-electron chi connectivity index (χ0n) is 12.4. The minimum absolute atomic E-state index is 0.341. The number of thiocarbonyl (C=S) groups is 1. The Morgan fingerprint density at radius 3 is 2.74 bits per heavy atom. The number of anilines is 1. The molecule has 2 aromatic rings. The van der Waals surface area contributed by atoms with Crippen LogP contribution in [0.1, 0.15) is 5.56 Å². The molecule has 0 atom stereocenters. The van der Waals surface area contributed by atoms with E-state index < -0.39 is 0 Å². The molecule has 118 valence electrons. The van der Waals surface area contributed by atoms with Gasteiger partial charge in [0.15, 0.2) is 5.11 Å². The Morgan fingerprint density at radius 1 is 1.17 bits per heavy atom. The first kappa shape index (κ1) is 15.8. The van der Waals surface area contributed by atoms with Crippen LogP contribution in [0.5, 0.6) is 5.75 Å². The van der Waals surface area contributed by atoms with Gasteiger partial charge in [0.1, 0.15) is 11.9 Å². The third-order valence-corrected chi connectivity index (χ3v) is 4.59. The molecule has 0 bridgehead atoms. The molecule has 1 heterocycles. The van der Waals surface area contributed by atoms with E-state index in [0.29, 0.717) is 11.2 Å². The molecule has 4 nitrogen and oxygen atoms in total. The average Bonchev–Trinajstić information content (AvgIpc) is 2.52. The Morgan fingerprint density at radius 2 is 2.00 bits per heavy atom. The van der Waals surface area contributed by atoms with Crippen molar-refractivity contribution in [1.29, 1.82) is 0 Å². The summed E-state index contributed by atoms with van der Waals surface area (Å²) in [5.41, 5.74) is 4.70. The lowest BCUT2D eigenvalue weighted by Gasteiger charge is -2.25. The zero-order valence-corrected chi connectivity index (χ0v) is 14.1. The van der Waals surface area contributed by atoms with Crippen molar-refractivity contribution in [3.8, 4) is 5.75 Å². The van der Waals surface area contributed by atoms with Gasteiger partial charge in [-0.05, 0) is 42.0 Å². The molecule has 1 saturated heterocycles. The van der Waals surface area contributed by atoms with Crippen LogP contribution in [0.25, 0.3) is 0 Å². The summed E-state index contributed by atoms with van der Waals surface area (Å²) in [5, 5.41) is 7.66. The van der Waals surface area contributed by atoms with Crippen LogP contribution in [0.2, 0.25) is 0 Å². The molecular weight excluding hydrogens is 326 g/mol. The number of rotatable bonds is 5. The van der Waals surface area contributed by atoms with E-state index in [1.54, 1.807) is 6.21 Å². The van der Waals surface area contributed by atoms with Gasteiger partial charge in [-0.1, -0.05) is 30.3 Å². The lowest BCUT2D eigenvalue weighted by molar-refractivity contribution is 0.240. The summed E-state index contributed by atoms with van der Waals surface area (Å²) in [6, 6.07) is 17.6. The fourth-order valence-corrected chi connectivity index (χ4v) is 2.72. The fraction of sp³-hybridized carbons (Fsp3) is 0.176. The Labute approximate surface area is 145 Å². The van der Waals surface area contributed by atoms with Gasteiger partial charge in [-0.3, -0.25) is 5.43 Å². The van der Waals surface area contributed by atoms with E-state index in [4.69, 9.17) is 17.0 Å². The quantitative estimate of drug-likeness (QED) is 0.494. The standard InChI is InChI=1S/C17H17N3OS2/c22-17(19-14-6-2-1-3-7-14)20-18-10-13-5-4-8-15(9-13)21-16-11-23-12-16/h1-10,16H,11-12H2,(H2,19,20,22)/b18-10+. The van der Waals surface area contributed by atoms with Gasteiger partial charge in [0.2, 0.25) is 0 Å². The van der Waals surface area contributed by atoms with Crippen LogP contribution in [0.3, 0.4) is 0 Å². The number of para-hydroxylation sites is 1. The molecular formula is C17H17N3OS2. The van der Waals surface area contributed by atoms with Crippen molar-refractivity contribution in [2.75, 3.05) is 16.8 Å². The summed E-state index contributed by atoms with van der Waals surface area (Å²) in [6.45, 7) is 0. The van der Waals surface area contributed by atoms with Crippen LogP contribution in [0.4, 0.5) is 5.69 Å². The van der Waals surface area contributed by atoms with Gasteiger partial charge >= 0.3 is 0 Å². The second kappa shape index (κ2) is 7.99. The molecule has 0 radical (unpaired) electrons. The largest absolute Gasteiger partial charge is 0.489 e. The summed E-state index contributed by atoms with van der Waals surface area (Å²) in [6.07, 6.45) is 2.06. The van der Waals surface area contributed by atoms with Gasteiger partial charge < -0.3 is 10.1 Å². The molecule has 1 fully saturated rings. The second-order valence-corrected chi connectivity index (χ2v) is 6.52. The van der Waals surface area contributed by atoms with E-state index in [1.165, 1.54) is 0 Å². The molecule has 1 aliphatic rings. The molecule has 23 heavy (non-hydrogen) atoms. The van der Waals surface area contributed by atoms with Crippen molar-refractivity contribution in [2.24, 2.45) is 5.10 Å². The van der Waals surface area contributed by atoms with E-state index in [0.717, 1.165) is 28.5 Å². The first-order valence-electron chi connectivity index (χ1n) is 7.29. The fourth-order valence-electron chi connectivity index (χ4n) is 1.99. The maximum absolute atomic E-state index is 5.86. The topological polar surface area (TPSA) is 45.7 Å². The minimum atomic E-state index is 0.341. The maximum atomic E-state index is 5.86. The summed E-state index contributed by atoms with van der Waals surface area (Å²) >= 11 is 7.10. The summed E-state index contributed by atoms with van der Waals surface area (Å²) in [4.78, 5) is 0. The number of thioether (sulfide) groups is 1. The number of hydrogen-bond acceptors (Lipinski definition) is 4. The van der Waals surface area contributed by atoms with Crippen LogP contribution >= 0.6 is 24.0 Å². The zero-order chi connectivity index (χ0) is 15.9. The van der Waals surface area contributed by atoms with Crippen molar-refractivity contribution in [2.45, 2.75) is 6.10 Å². The van der Waals surface area contributed by atoms with E-state index in [9.17, 15) is 0 Å². The van der Waals surface area contributed by atoms with Crippen LogP contribution in [0.15, 0.2) is 59.7 Å². The Balaban J connectivity index is 1.51. The predicted octanol–water partition coefficient (Wildman–Crippen LogP) is 3.50. The molecule has 0 amide bonds. The van der Waals surface area contributed by atoms with E-state index in [1.807, 2.05) is 66.4 Å². The van der Waals surface area contributed by atoms with Gasteiger partial charge in [0.05, 0.1) is 6.21 Å². The van der Waals surface area contributed by atoms with Crippen molar-refractivity contribution < 1.29 is 4.74 Å². The molecule has 1 aliphatic heterocycles. The number of hydrogen-bond donors (Lipinski definition) is 2. The first-order valence-corrected chi connectivity index (χ1v) is 8.85. The minimum Gasteiger partial charge on any atom is -0.489 e.